The first-order valence-corrected chi connectivity index (χ1v) is 50.2. The highest BCUT2D eigenvalue weighted by Gasteiger charge is 2.33. The van der Waals surface area contributed by atoms with E-state index in [9.17, 15) is 0 Å². The zero-order valence-corrected chi connectivity index (χ0v) is 79.2. The molecule has 16 heteroatoms. The van der Waals surface area contributed by atoms with Crippen LogP contribution < -0.4 is 0 Å². The lowest BCUT2D eigenvalue weighted by Crippen LogP contribution is -2.14. The van der Waals surface area contributed by atoms with Crippen molar-refractivity contribution in [2.75, 3.05) is 0 Å². The van der Waals surface area contributed by atoms with Gasteiger partial charge in [0.15, 0.2) is 5.82 Å². The predicted octanol–water partition coefficient (Wildman–Crippen LogP) is 32.4. The Balaban J connectivity index is 0.601. The molecule has 12 aromatic heterocycles. The SMILES string of the molecule is c1ccc(-c2nc(-n3c4ccccc4c4cc5c(cc43)c3ccccc3n5-c3ccccc3)nc(-n3c4ccccc4c4cc5c(cc43)c3ccccc3n5-c3ccc(-c4ccc5c(c4)c4ccc6c7ccccc7n(-c7ccccc7)c6c4n5-c4nc(-n5c6ccccc6c6ccc7c8ccccc8n(-c8ccccc8)c7c65)nc(-n5c6ccccc6c6ccc7c8ccccc8n(-c8ccccc8)c7c65)n4)cc3)n2)cc1. The van der Waals surface area contributed by atoms with Crippen LogP contribution in [-0.4, -0.2) is 75.6 Å². The summed E-state index contributed by atoms with van der Waals surface area (Å²) >= 11 is 0. The smallest absolute Gasteiger partial charge is 0.241 e. The van der Waals surface area contributed by atoms with Crippen LogP contribution in [0.2, 0.25) is 0 Å². The van der Waals surface area contributed by atoms with Crippen LogP contribution in [-0.2, 0) is 0 Å². The van der Waals surface area contributed by atoms with Crippen LogP contribution >= 0.6 is 0 Å². The van der Waals surface area contributed by atoms with Crippen LogP contribution in [0.4, 0.5) is 0 Å². The Morgan fingerprint density at radius 3 is 0.622 bits per heavy atom. The molecule has 0 bridgehead atoms. The first kappa shape index (κ1) is 80.3. The highest BCUT2D eigenvalue weighted by molar-refractivity contribution is 6.29. The van der Waals surface area contributed by atoms with Crippen molar-refractivity contribution in [3.63, 3.8) is 0 Å². The summed E-state index contributed by atoms with van der Waals surface area (Å²) in [5.74, 6) is 2.90. The molecule has 0 unspecified atom stereocenters. The molecule has 0 aliphatic rings. The van der Waals surface area contributed by atoms with Crippen LogP contribution in [0, 0.1) is 0 Å². The van der Waals surface area contributed by atoms with Gasteiger partial charge in [0.05, 0.1) is 110 Å². The van der Waals surface area contributed by atoms with Crippen molar-refractivity contribution in [1.29, 1.82) is 0 Å². The second-order valence-corrected chi connectivity index (χ2v) is 38.8. The molecule has 16 nitrogen and oxygen atoms in total. The lowest BCUT2D eigenvalue weighted by molar-refractivity contribution is 0.848. The van der Waals surface area contributed by atoms with Crippen LogP contribution in [0.15, 0.2) is 473 Å². The number of nitrogens with zero attached hydrogens (tertiary/aromatic N) is 16. The Bertz CT molecular complexity index is 11300. The summed E-state index contributed by atoms with van der Waals surface area (Å²) in [6.45, 7) is 0. The van der Waals surface area contributed by atoms with Gasteiger partial charge in [-0.2, -0.15) is 29.9 Å². The van der Waals surface area contributed by atoms with Gasteiger partial charge in [-0.1, -0.05) is 322 Å². The van der Waals surface area contributed by atoms with E-state index >= 15 is 0 Å². The predicted molar refractivity (Wildman–Crippen MR) is 607 cm³/mol. The lowest BCUT2D eigenvalue weighted by Gasteiger charge is -2.16. The minimum absolute atomic E-state index is 0.435. The molecule has 0 amide bonds. The Morgan fingerprint density at radius 1 is 0.108 bits per heavy atom. The van der Waals surface area contributed by atoms with E-state index in [2.05, 4.69) is 513 Å². The van der Waals surface area contributed by atoms with Crippen molar-refractivity contribution in [2.45, 2.75) is 0 Å². The summed E-state index contributed by atoms with van der Waals surface area (Å²) in [5.41, 5.74) is 28.6. The topological polar surface area (TPSA) is 127 Å². The van der Waals surface area contributed by atoms with E-state index in [1.807, 2.05) is 6.07 Å². The van der Waals surface area contributed by atoms with Crippen molar-refractivity contribution in [3.05, 3.63) is 473 Å². The minimum Gasteiger partial charge on any atom is -0.309 e. The fraction of sp³-hybridized carbons (Fsp3) is 0. The van der Waals surface area contributed by atoms with Crippen LogP contribution in [0.5, 0.6) is 0 Å². The maximum absolute atomic E-state index is 6.20. The van der Waals surface area contributed by atoms with Crippen molar-refractivity contribution in [3.8, 4) is 80.7 Å². The molecule has 33 aromatic rings. The molecule has 0 aliphatic carbocycles. The van der Waals surface area contributed by atoms with Gasteiger partial charge in [-0.05, 0) is 163 Å². The molecule has 0 spiro atoms. The molecule has 686 valence electrons. The van der Waals surface area contributed by atoms with Crippen molar-refractivity contribution in [1.82, 2.24) is 75.6 Å². The van der Waals surface area contributed by atoms with Crippen LogP contribution in [0.3, 0.4) is 0 Å². The first-order chi connectivity index (χ1) is 73.5. The number of hydrogen-bond acceptors (Lipinski definition) is 6. The van der Waals surface area contributed by atoms with Gasteiger partial charge >= 0.3 is 0 Å². The molecule has 0 fully saturated rings. The number of rotatable bonds is 12. The van der Waals surface area contributed by atoms with Gasteiger partial charge in [0.1, 0.15) is 0 Å². The monoisotopic (exact) mass is 1890 g/mol. The number of hydrogen-bond donors (Lipinski definition) is 0. The van der Waals surface area contributed by atoms with Gasteiger partial charge < -0.3 is 22.8 Å². The van der Waals surface area contributed by atoms with E-state index in [0.717, 1.165) is 263 Å². The number of aromatic nitrogens is 16. The number of benzene rings is 21. The fourth-order valence-corrected chi connectivity index (χ4v) is 25.0. The van der Waals surface area contributed by atoms with E-state index < -0.39 is 0 Å². The molecule has 0 aliphatic heterocycles. The van der Waals surface area contributed by atoms with E-state index in [1.54, 1.807) is 0 Å². The van der Waals surface area contributed by atoms with Gasteiger partial charge in [0.25, 0.3) is 0 Å². The van der Waals surface area contributed by atoms with Gasteiger partial charge in [-0.15, -0.1) is 0 Å². The Kier molecular flexibility index (Phi) is 16.6. The quantitative estimate of drug-likeness (QED) is 0.120. The van der Waals surface area contributed by atoms with Crippen molar-refractivity contribution >= 4 is 218 Å². The van der Waals surface area contributed by atoms with E-state index in [4.69, 9.17) is 29.9 Å². The molecular weight excluding hydrogens is 1810 g/mol. The molecule has 0 saturated heterocycles. The number of fused-ring (bicyclic) bond motifs is 33. The fourth-order valence-electron chi connectivity index (χ4n) is 25.0. The summed E-state index contributed by atoms with van der Waals surface area (Å²) in [6.07, 6.45) is 0. The zero-order valence-electron chi connectivity index (χ0n) is 79.2. The first-order valence-electron chi connectivity index (χ1n) is 50.2. The van der Waals surface area contributed by atoms with Crippen LogP contribution in [0.25, 0.3) is 299 Å². The molecule has 0 N–H and O–H groups in total. The third-order valence-electron chi connectivity index (χ3n) is 31.2. The molecule has 148 heavy (non-hydrogen) atoms. The lowest BCUT2D eigenvalue weighted by atomic mass is 10.0. The maximum atomic E-state index is 6.20. The van der Waals surface area contributed by atoms with Crippen molar-refractivity contribution < 1.29 is 0 Å². The normalized spacial score (nSPS) is 12.3. The summed E-state index contributed by atoms with van der Waals surface area (Å²) in [5, 5.41) is 21.8. The average molecular weight is 1890 g/mol. The molecule has 0 radical (unpaired) electrons. The molecule has 21 aromatic carbocycles. The highest BCUT2D eigenvalue weighted by atomic mass is 15.3. The second kappa shape index (κ2) is 30.6. The van der Waals surface area contributed by atoms with Crippen LogP contribution in [0.1, 0.15) is 0 Å². The molecule has 33 rings (SSSR count). The largest absolute Gasteiger partial charge is 0.309 e. The average Bonchev–Trinajstić information content (AvgIpc) is 1.53. The standard InChI is InChI=1S/C132H78N16/c1-6-34-80(35-7-1)127-133-128(144-112-58-30-23-51-94(112)105-75-117-103(77-119(105)144)92-49-21-25-53-107(92)139(117)82-36-8-2-9-37-82)135-129(134-127)145-113-59-31-24-52-95(113)106-76-118-104(78-120(106)145)93-50-22-26-54-108(93)140(118)86-65-62-79(63-66-86)81-64-73-116-102(74-81)101-72-71-98-89-46-18-29-57-111(89)143(85-42-14-5-15-43-85)123(98)126(101)148(116)132-137-130(146-114-60-32-19-47-90(114)99-69-67-96-87-44-16-27-55-109(87)141(121(96)124(99)146)83-38-10-3-11-39-83)136-131(138-132)147-115-61-33-20-48-91(115)100-70-68-97-88-45-17-28-56-110(88)142(122(97)125(100)147)84-40-12-4-13-41-84/h1-78H. The third kappa shape index (κ3) is 11.2. The van der Waals surface area contributed by atoms with Gasteiger partial charge in [0.2, 0.25) is 29.7 Å². The van der Waals surface area contributed by atoms with Gasteiger partial charge in [-0.3, -0.25) is 22.8 Å². The van der Waals surface area contributed by atoms with E-state index in [0.29, 0.717) is 35.6 Å². The van der Waals surface area contributed by atoms with Gasteiger partial charge in [0, 0.05) is 142 Å². The van der Waals surface area contributed by atoms with Gasteiger partial charge in [-0.25, -0.2) is 0 Å². The van der Waals surface area contributed by atoms with Crippen molar-refractivity contribution in [2.24, 2.45) is 0 Å². The summed E-state index contributed by atoms with van der Waals surface area (Å²) in [7, 11) is 0. The minimum atomic E-state index is 0.435. The molecule has 0 atom stereocenters. The number of para-hydroxylation sites is 13. The Hall–Kier alpha value is -20.4. The zero-order chi connectivity index (χ0) is 96.3. The summed E-state index contributed by atoms with van der Waals surface area (Å²) in [6, 6.07) is 172. The third-order valence-corrected chi connectivity index (χ3v) is 31.2. The second-order valence-electron chi connectivity index (χ2n) is 38.8. The highest BCUT2D eigenvalue weighted by Crippen LogP contribution is 2.51. The Morgan fingerprint density at radius 2 is 0.311 bits per heavy atom. The Labute approximate surface area is 841 Å². The molecular formula is C132H78N16. The van der Waals surface area contributed by atoms with E-state index in [-0.39, 0.29) is 0 Å². The summed E-state index contributed by atoms with van der Waals surface area (Å²) < 4.78 is 23.7. The molecule has 12 heterocycles. The molecule has 0 saturated carbocycles. The van der Waals surface area contributed by atoms with E-state index in [1.165, 1.54) is 0 Å². The maximum Gasteiger partial charge on any atom is 0.241 e. The summed E-state index contributed by atoms with van der Waals surface area (Å²) in [4.78, 5) is 35.4.